The fourth-order valence-electron chi connectivity index (χ4n) is 2.44. The van der Waals surface area contributed by atoms with Gasteiger partial charge in [0.2, 0.25) is 0 Å². The molecule has 1 fully saturated rings. The summed E-state index contributed by atoms with van der Waals surface area (Å²) in [4.78, 5) is 18.4. The van der Waals surface area contributed by atoms with Crippen molar-refractivity contribution in [1.29, 1.82) is 0 Å². The second kappa shape index (κ2) is 5.48. The van der Waals surface area contributed by atoms with Crippen LogP contribution in [0.3, 0.4) is 0 Å². The van der Waals surface area contributed by atoms with Gasteiger partial charge in [-0.1, -0.05) is 13.3 Å². The van der Waals surface area contributed by atoms with Crippen molar-refractivity contribution in [2.75, 3.05) is 13.1 Å². The molecule has 1 aromatic heterocycles. The normalized spacial score (nSPS) is 24.1. The zero-order chi connectivity index (χ0) is 13.1. The first-order chi connectivity index (χ1) is 8.61. The molecule has 0 radical (unpaired) electrons. The Morgan fingerprint density at radius 2 is 2.33 bits per heavy atom. The van der Waals surface area contributed by atoms with Gasteiger partial charge in [-0.2, -0.15) is 0 Å². The Labute approximate surface area is 108 Å². The van der Waals surface area contributed by atoms with Gasteiger partial charge in [0.25, 0.3) is 5.91 Å². The lowest BCUT2D eigenvalue weighted by molar-refractivity contribution is 0.0648. The maximum absolute atomic E-state index is 12.3. The van der Waals surface area contributed by atoms with E-state index in [1.807, 2.05) is 24.0 Å². The Morgan fingerprint density at radius 1 is 1.56 bits per heavy atom. The van der Waals surface area contributed by atoms with Crippen LogP contribution in [0.1, 0.15) is 35.8 Å². The molecule has 2 rings (SSSR count). The van der Waals surface area contributed by atoms with Crippen molar-refractivity contribution in [3.8, 4) is 0 Å². The van der Waals surface area contributed by atoms with Crippen LogP contribution in [-0.4, -0.2) is 34.9 Å². The fourth-order valence-corrected chi connectivity index (χ4v) is 2.44. The van der Waals surface area contributed by atoms with E-state index in [1.54, 1.807) is 6.20 Å². The number of aromatic nitrogens is 1. The molecule has 2 heterocycles. The molecule has 0 aromatic carbocycles. The molecular weight excluding hydrogens is 226 g/mol. The van der Waals surface area contributed by atoms with Gasteiger partial charge in [-0.25, -0.2) is 0 Å². The molecule has 1 aliphatic heterocycles. The molecule has 2 N–H and O–H groups in total. The number of hydrogen-bond acceptors (Lipinski definition) is 3. The molecule has 1 amide bonds. The van der Waals surface area contributed by atoms with Gasteiger partial charge < -0.3 is 10.6 Å². The fraction of sp³-hybridized carbons (Fsp3) is 0.571. The number of likely N-dealkylation sites (tertiary alicyclic amines) is 1. The third-order valence-corrected chi connectivity index (χ3v) is 3.76. The van der Waals surface area contributed by atoms with Crippen LogP contribution in [0.4, 0.5) is 0 Å². The maximum Gasteiger partial charge on any atom is 0.255 e. The summed E-state index contributed by atoms with van der Waals surface area (Å²) in [5, 5.41) is 0. The van der Waals surface area contributed by atoms with Crippen LogP contribution in [0.5, 0.6) is 0 Å². The van der Waals surface area contributed by atoms with Crippen molar-refractivity contribution in [2.24, 2.45) is 11.7 Å². The highest BCUT2D eigenvalue weighted by atomic mass is 16.2. The van der Waals surface area contributed by atoms with Crippen molar-refractivity contribution in [3.63, 3.8) is 0 Å². The van der Waals surface area contributed by atoms with Crippen LogP contribution in [0, 0.1) is 12.8 Å². The van der Waals surface area contributed by atoms with E-state index in [0.717, 1.165) is 31.6 Å². The number of aryl methyl sites for hydroxylation is 1. The van der Waals surface area contributed by atoms with Crippen molar-refractivity contribution < 1.29 is 4.79 Å². The summed E-state index contributed by atoms with van der Waals surface area (Å²) in [5.74, 6) is 0.494. The molecule has 4 heteroatoms. The molecule has 0 saturated carbocycles. The first-order valence-electron chi connectivity index (χ1n) is 6.59. The SMILES string of the molecule is CCC1CN(C(=O)c2ccc(C)nc2)CCC1N. The largest absolute Gasteiger partial charge is 0.338 e. The van der Waals surface area contributed by atoms with E-state index < -0.39 is 0 Å². The first-order valence-corrected chi connectivity index (χ1v) is 6.59. The van der Waals surface area contributed by atoms with Gasteiger partial charge in [0.05, 0.1) is 5.56 Å². The smallest absolute Gasteiger partial charge is 0.255 e. The van der Waals surface area contributed by atoms with E-state index in [1.165, 1.54) is 0 Å². The number of nitrogens with two attached hydrogens (primary N) is 1. The van der Waals surface area contributed by atoms with Crippen LogP contribution in [0.15, 0.2) is 18.3 Å². The lowest BCUT2D eigenvalue weighted by atomic mass is 9.90. The number of carbonyl (C=O) groups excluding carboxylic acids is 1. The Hall–Kier alpha value is -1.42. The lowest BCUT2D eigenvalue weighted by Gasteiger charge is -2.36. The van der Waals surface area contributed by atoms with Crippen molar-refractivity contribution in [1.82, 2.24) is 9.88 Å². The zero-order valence-electron chi connectivity index (χ0n) is 11.1. The second-order valence-electron chi connectivity index (χ2n) is 5.06. The Balaban J connectivity index is 2.07. The Morgan fingerprint density at radius 3 is 2.94 bits per heavy atom. The Bertz CT molecular complexity index is 416. The van der Waals surface area contributed by atoms with E-state index in [0.29, 0.717) is 11.5 Å². The Kier molecular flexibility index (Phi) is 3.97. The van der Waals surface area contributed by atoms with Gasteiger partial charge in [-0.05, 0) is 31.4 Å². The molecule has 2 atom stereocenters. The first kappa shape index (κ1) is 13.0. The summed E-state index contributed by atoms with van der Waals surface area (Å²) >= 11 is 0. The second-order valence-corrected chi connectivity index (χ2v) is 5.06. The summed E-state index contributed by atoms with van der Waals surface area (Å²) < 4.78 is 0. The number of rotatable bonds is 2. The predicted molar refractivity (Wildman–Crippen MR) is 71.3 cm³/mol. The molecule has 0 bridgehead atoms. The molecule has 1 aliphatic rings. The number of pyridine rings is 1. The number of amides is 1. The minimum absolute atomic E-state index is 0.0767. The minimum atomic E-state index is 0.0767. The summed E-state index contributed by atoms with van der Waals surface area (Å²) in [6.07, 6.45) is 3.58. The van der Waals surface area contributed by atoms with E-state index in [4.69, 9.17) is 5.73 Å². The summed E-state index contributed by atoms with van der Waals surface area (Å²) in [6, 6.07) is 3.95. The van der Waals surface area contributed by atoms with Crippen molar-refractivity contribution >= 4 is 5.91 Å². The van der Waals surface area contributed by atoms with Gasteiger partial charge in [0.15, 0.2) is 0 Å². The maximum atomic E-state index is 12.3. The molecule has 2 unspecified atom stereocenters. The minimum Gasteiger partial charge on any atom is -0.338 e. The molecule has 1 saturated heterocycles. The molecule has 1 aromatic rings. The lowest BCUT2D eigenvalue weighted by Crippen LogP contribution is -2.49. The van der Waals surface area contributed by atoms with Gasteiger partial charge in [0, 0.05) is 31.0 Å². The van der Waals surface area contributed by atoms with Crippen LogP contribution >= 0.6 is 0 Å². The van der Waals surface area contributed by atoms with Crippen LogP contribution in [0.25, 0.3) is 0 Å². The number of nitrogens with zero attached hydrogens (tertiary/aromatic N) is 2. The van der Waals surface area contributed by atoms with Crippen LogP contribution in [0.2, 0.25) is 0 Å². The quantitative estimate of drug-likeness (QED) is 0.863. The highest BCUT2D eigenvalue weighted by Gasteiger charge is 2.28. The highest BCUT2D eigenvalue weighted by molar-refractivity contribution is 5.94. The van der Waals surface area contributed by atoms with Gasteiger partial charge >= 0.3 is 0 Å². The number of piperidine rings is 1. The standard InChI is InChI=1S/C14H21N3O/c1-3-11-9-17(7-6-13(11)15)14(18)12-5-4-10(2)16-8-12/h4-5,8,11,13H,3,6-7,9,15H2,1-2H3. The molecule has 18 heavy (non-hydrogen) atoms. The monoisotopic (exact) mass is 247 g/mol. The third-order valence-electron chi connectivity index (χ3n) is 3.76. The van der Waals surface area contributed by atoms with Gasteiger partial charge in [-0.15, -0.1) is 0 Å². The van der Waals surface area contributed by atoms with E-state index in [9.17, 15) is 4.79 Å². The van der Waals surface area contributed by atoms with Crippen LogP contribution in [-0.2, 0) is 0 Å². The van der Waals surface area contributed by atoms with E-state index in [2.05, 4.69) is 11.9 Å². The molecule has 0 aliphatic carbocycles. The summed E-state index contributed by atoms with van der Waals surface area (Å²) in [5.41, 5.74) is 7.66. The molecule has 0 spiro atoms. The highest BCUT2D eigenvalue weighted by Crippen LogP contribution is 2.20. The predicted octanol–water partition coefficient (Wildman–Crippen LogP) is 1.59. The summed E-state index contributed by atoms with van der Waals surface area (Å²) in [7, 11) is 0. The summed E-state index contributed by atoms with van der Waals surface area (Å²) in [6.45, 7) is 5.57. The van der Waals surface area contributed by atoms with E-state index >= 15 is 0 Å². The number of carbonyl (C=O) groups is 1. The third kappa shape index (κ3) is 2.70. The van der Waals surface area contributed by atoms with Crippen LogP contribution < -0.4 is 5.73 Å². The van der Waals surface area contributed by atoms with Crippen molar-refractivity contribution in [3.05, 3.63) is 29.6 Å². The average Bonchev–Trinajstić information content (AvgIpc) is 2.39. The van der Waals surface area contributed by atoms with Gasteiger partial charge in [-0.3, -0.25) is 9.78 Å². The van der Waals surface area contributed by atoms with Gasteiger partial charge in [0.1, 0.15) is 0 Å². The zero-order valence-corrected chi connectivity index (χ0v) is 11.1. The average molecular weight is 247 g/mol. The van der Waals surface area contributed by atoms with Crippen molar-refractivity contribution in [2.45, 2.75) is 32.7 Å². The number of hydrogen-bond donors (Lipinski definition) is 1. The topological polar surface area (TPSA) is 59.2 Å². The molecule has 4 nitrogen and oxygen atoms in total. The molecule has 98 valence electrons. The molecular formula is C14H21N3O. The van der Waals surface area contributed by atoms with E-state index in [-0.39, 0.29) is 11.9 Å².